The van der Waals surface area contributed by atoms with Gasteiger partial charge in [-0.3, -0.25) is 14.1 Å². The molecule has 0 saturated heterocycles. The van der Waals surface area contributed by atoms with Gasteiger partial charge in [-0.1, -0.05) is 29.8 Å². The molecule has 3 aromatic rings. The summed E-state index contributed by atoms with van der Waals surface area (Å²) in [6.45, 7) is 3.21. The van der Waals surface area contributed by atoms with E-state index in [9.17, 15) is 13.2 Å². The van der Waals surface area contributed by atoms with Gasteiger partial charge in [-0.15, -0.1) is 0 Å². The average molecular weight is 453 g/mol. The zero-order valence-electron chi connectivity index (χ0n) is 18.0. The lowest BCUT2D eigenvalue weighted by Gasteiger charge is -2.25. The Balaban J connectivity index is 1.94. The average Bonchev–Trinajstić information content (AvgIpc) is 2.78. The number of carbonyl (C=O) groups is 1. The number of aryl methyl sites for hydroxylation is 2. The summed E-state index contributed by atoms with van der Waals surface area (Å²) in [7, 11) is -2.61. The summed E-state index contributed by atoms with van der Waals surface area (Å²) in [4.78, 5) is 16.7. The number of ether oxygens (including phenoxy) is 1. The van der Waals surface area contributed by atoms with E-state index < -0.39 is 22.5 Å². The molecule has 1 aromatic heterocycles. The van der Waals surface area contributed by atoms with Crippen molar-refractivity contribution >= 4 is 27.8 Å². The maximum absolute atomic E-state index is 13.5. The predicted octanol–water partition coefficient (Wildman–Crippen LogP) is 3.05. The van der Waals surface area contributed by atoms with Gasteiger partial charge in [-0.25, -0.2) is 13.8 Å². The van der Waals surface area contributed by atoms with Gasteiger partial charge in [0.15, 0.2) is 0 Å². The second-order valence-electron chi connectivity index (χ2n) is 7.08. The van der Waals surface area contributed by atoms with Gasteiger partial charge in [0, 0.05) is 18.0 Å². The van der Waals surface area contributed by atoms with Crippen molar-refractivity contribution in [3.8, 4) is 5.75 Å². The molecule has 0 fully saturated rings. The molecule has 1 N–H and O–H groups in total. The molecule has 0 atom stereocenters. The monoisotopic (exact) mass is 452 g/mol. The molecule has 8 nitrogen and oxygen atoms in total. The van der Waals surface area contributed by atoms with Crippen LogP contribution in [0.25, 0.3) is 0 Å². The van der Waals surface area contributed by atoms with Gasteiger partial charge >= 0.3 is 0 Å². The summed E-state index contributed by atoms with van der Waals surface area (Å²) in [5, 5.41) is 3.90. The molecule has 32 heavy (non-hydrogen) atoms. The van der Waals surface area contributed by atoms with Crippen LogP contribution in [0.15, 0.2) is 77.0 Å². The van der Waals surface area contributed by atoms with Crippen molar-refractivity contribution < 1.29 is 17.9 Å². The van der Waals surface area contributed by atoms with Crippen molar-refractivity contribution in [3.63, 3.8) is 0 Å². The first kappa shape index (κ1) is 23.0. The number of aromatic nitrogens is 1. The maximum Gasteiger partial charge on any atom is 0.264 e. The highest BCUT2D eigenvalue weighted by Crippen LogP contribution is 2.33. The number of benzene rings is 2. The predicted molar refractivity (Wildman–Crippen MR) is 123 cm³/mol. The zero-order valence-corrected chi connectivity index (χ0v) is 18.8. The first-order valence-corrected chi connectivity index (χ1v) is 11.2. The zero-order chi connectivity index (χ0) is 23.1. The van der Waals surface area contributed by atoms with Gasteiger partial charge in [-0.05, 0) is 49.7 Å². The van der Waals surface area contributed by atoms with Crippen molar-refractivity contribution in [1.29, 1.82) is 0 Å². The number of hydrogen-bond donors (Lipinski definition) is 1. The topological polar surface area (TPSA) is 101 Å². The standard InChI is InChI=1S/C23H24N4O4S/c1-17-6-9-20(10-7-17)32(29,30)27(21-13-18(2)8-11-22(21)31-3)16-23(28)26-25-15-19-5-4-12-24-14-19/h4-15H,16H2,1-3H3,(H,26,28)/b25-15-. The third-order valence-electron chi connectivity index (χ3n) is 4.59. The van der Waals surface area contributed by atoms with Gasteiger partial charge in [-0.2, -0.15) is 5.10 Å². The van der Waals surface area contributed by atoms with E-state index in [0.29, 0.717) is 11.3 Å². The fourth-order valence-corrected chi connectivity index (χ4v) is 4.35. The summed E-state index contributed by atoms with van der Waals surface area (Å²) in [5.74, 6) is -0.276. The lowest BCUT2D eigenvalue weighted by atomic mass is 10.2. The van der Waals surface area contributed by atoms with Gasteiger partial charge in [0.1, 0.15) is 12.3 Å². The molecule has 1 amide bonds. The van der Waals surface area contributed by atoms with E-state index >= 15 is 0 Å². The molecular formula is C23H24N4O4S. The number of anilines is 1. The van der Waals surface area contributed by atoms with Crippen molar-refractivity contribution in [2.45, 2.75) is 18.7 Å². The molecule has 0 unspecified atom stereocenters. The van der Waals surface area contributed by atoms with Crippen molar-refractivity contribution in [3.05, 3.63) is 83.7 Å². The number of hydrogen-bond acceptors (Lipinski definition) is 6. The number of methoxy groups -OCH3 is 1. The number of amides is 1. The number of carbonyl (C=O) groups excluding carboxylic acids is 1. The largest absolute Gasteiger partial charge is 0.495 e. The summed E-state index contributed by atoms with van der Waals surface area (Å²) >= 11 is 0. The van der Waals surface area contributed by atoms with Crippen LogP contribution in [0.5, 0.6) is 5.75 Å². The van der Waals surface area contributed by atoms with Gasteiger partial charge in [0.05, 0.1) is 23.9 Å². The quantitative estimate of drug-likeness (QED) is 0.418. The minimum atomic E-state index is -4.06. The first-order chi connectivity index (χ1) is 15.3. The van der Waals surface area contributed by atoms with Gasteiger partial charge < -0.3 is 4.74 Å². The third kappa shape index (κ3) is 5.50. The van der Waals surface area contributed by atoms with E-state index in [4.69, 9.17) is 4.74 Å². The summed E-state index contributed by atoms with van der Waals surface area (Å²) in [5.41, 5.74) is 5.07. The van der Waals surface area contributed by atoms with Crippen LogP contribution in [0, 0.1) is 13.8 Å². The molecule has 0 saturated carbocycles. The number of nitrogens with zero attached hydrogens (tertiary/aromatic N) is 3. The van der Waals surface area contributed by atoms with E-state index in [-0.39, 0.29) is 10.6 Å². The smallest absolute Gasteiger partial charge is 0.264 e. The SMILES string of the molecule is COc1ccc(C)cc1N(CC(=O)N/N=C\c1cccnc1)S(=O)(=O)c1ccc(C)cc1. The van der Waals surface area contributed by atoms with Crippen LogP contribution in [0.3, 0.4) is 0 Å². The Bertz CT molecular complexity index is 1210. The Morgan fingerprint density at radius 1 is 1.12 bits per heavy atom. The molecule has 0 aliphatic heterocycles. The van der Waals surface area contributed by atoms with E-state index in [0.717, 1.165) is 15.4 Å². The van der Waals surface area contributed by atoms with E-state index in [1.165, 1.54) is 25.5 Å². The highest BCUT2D eigenvalue weighted by atomic mass is 32.2. The Morgan fingerprint density at radius 2 is 1.84 bits per heavy atom. The third-order valence-corrected chi connectivity index (χ3v) is 6.36. The number of pyridine rings is 1. The lowest BCUT2D eigenvalue weighted by molar-refractivity contribution is -0.119. The number of nitrogens with one attached hydrogen (secondary N) is 1. The Labute approximate surface area is 187 Å². The molecular weight excluding hydrogens is 428 g/mol. The van der Waals surface area contributed by atoms with E-state index in [1.807, 2.05) is 13.8 Å². The highest BCUT2D eigenvalue weighted by molar-refractivity contribution is 7.92. The molecule has 0 bridgehead atoms. The van der Waals surface area contributed by atoms with Crippen molar-refractivity contribution in [1.82, 2.24) is 10.4 Å². The molecule has 3 rings (SSSR count). The van der Waals surface area contributed by atoms with Crippen LogP contribution in [0.2, 0.25) is 0 Å². The summed E-state index contributed by atoms with van der Waals surface area (Å²) in [6, 6.07) is 15.1. The van der Waals surface area contributed by atoms with Gasteiger partial charge in [0.2, 0.25) is 0 Å². The van der Waals surface area contributed by atoms with Crippen LogP contribution >= 0.6 is 0 Å². The lowest BCUT2D eigenvalue weighted by Crippen LogP contribution is -2.39. The minimum absolute atomic E-state index is 0.0679. The van der Waals surface area contributed by atoms with Crippen LogP contribution in [0.1, 0.15) is 16.7 Å². The Morgan fingerprint density at radius 3 is 2.50 bits per heavy atom. The second-order valence-corrected chi connectivity index (χ2v) is 8.94. The minimum Gasteiger partial charge on any atom is -0.495 e. The van der Waals surface area contributed by atoms with Crippen LogP contribution in [0.4, 0.5) is 5.69 Å². The number of hydrazone groups is 1. The molecule has 0 spiro atoms. The van der Waals surface area contributed by atoms with Crippen LogP contribution in [-0.2, 0) is 14.8 Å². The molecule has 1 heterocycles. The summed E-state index contributed by atoms with van der Waals surface area (Å²) < 4.78 is 33.4. The van der Waals surface area contributed by atoms with Gasteiger partial charge in [0.25, 0.3) is 15.9 Å². The Hall–Kier alpha value is -3.72. The van der Waals surface area contributed by atoms with Crippen LogP contribution < -0.4 is 14.5 Å². The fraction of sp³-hybridized carbons (Fsp3) is 0.174. The van der Waals surface area contributed by atoms with Crippen molar-refractivity contribution in [2.24, 2.45) is 5.10 Å². The molecule has 0 radical (unpaired) electrons. The molecule has 0 aliphatic rings. The molecule has 166 valence electrons. The fourth-order valence-electron chi connectivity index (χ4n) is 2.93. The second kappa shape index (κ2) is 10.1. The van der Waals surface area contributed by atoms with E-state index in [2.05, 4.69) is 15.5 Å². The number of rotatable bonds is 8. The van der Waals surface area contributed by atoms with E-state index in [1.54, 1.807) is 54.9 Å². The number of sulfonamides is 1. The Kier molecular flexibility index (Phi) is 7.21. The molecule has 0 aliphatic carbocycles. The molecule has 2 aromatic carbocycles. The maximum atomic E-state index is 13.5. The normalized spacial score (nSPS) is 11.3. The first-order valence-electron chi connectivity index (χ1n) is 9.77. The van der Waals surface area contributed by atoms with Crippen LogP contribution in [-0.4, -0.2) is 39.2 Å². The summed E-state index contributed by atoms with van der Waals surface area (Å²) in [6.07, 6.45) is 4.64. The molecule has 9 heteroatoms. The van der Waals surface area contributed by atoms with Crippen molar-refractivity contribution in [2.75, 3.05) is 18.0 Å². The highest BCUT2D eigenvalue weighted by Gasteiger charge is 2.29.